The molecule has 0 saturated heterocycles. The molecule has 0 atom stereocenters. The van der Waals surface area contributed by atoms with Crippen LogP contribution in [0.4, 0.5) is 0 Å². The highest BCUT2D eigenvalue weighted by molar-refractivity contribution is 6.13. The molecular weight excluding hydrogens is 372 g/mol. The number of ether oxygens (including phenoxy) is 2. The van der Waals surface area contributed by atoms with Crippen molar-refractivity contribution in [1.82, 2.24) is 0 Å². The first-order chi connectivity index (χ1) is 14.6. The normalized spacial score (nSPS) is 14.5. The number of carbonyl (C=O) groups excluding carboxylic acids is 1. The van der Waals surface area contributed by atoms with Crippen LogP contribution in [-0.2, 0) is 13.0 Å². The van der Waals surface area contributed by atoms with Gasteiger partial charge >= 0.3 is 0 Å². The zero-order valence-electron chi connectivity index (χ0n) is 17.7. The molecule has 1 aliphatic rings. The molecule has 3 aromatic carbocycles. The Morgan fingerprint density at radius 1 is 0.933 bits per heavy atom. The van der Waals surface area contributed by atoms with Gasteiger partial charge in [-0.05, 0) is 73.2 Å². The smallest absolute Gasteiger partial charge is 0.189 e. The molecule has 0 heterocycles. The molecule has 0 bridgehead atoms. The van der Waals surface area contributed by atoms with E-state index in [0.29, 0.717) is 6.61 Å². The topological polar surface area (TPSA) is 35.5 Å². The van der Waals surface area contributed by atoms with Gasteiger partial charge < -0.3 is 9.47 Å². The Labute approximate surface area is 178 Å². The van der Waals surface area contributed by atoms with Crippen LogP contribution in [-0.4, -0.2) is 12.9 Å². The first-order valence-electron chi connectivity index (χ1n) is 10.3. The van der Waals surface area contributed by atoms with Crippen molar-refractivity contribution in [3.05, 3.63) is 99.6 Å². The molecule has 4 rings (SSSR count). The van der Waals surface area contributed by atoms with Crippen molar-refractivity contribution < 1.29 is 14.3 Å². The summed E-state index contributed by atoms with van der Waals surface area (Å²) in [6.45, 7) is 4.55. The maximum atomic E-state index is 12.9. The maximum Gasteiger partial charge on any atom is 0.189 e. The highest BCUT2D eigenvalue weighted by Gasteiger charge is 2.21. The Morgan fingerprint density at radius 2 is 1.77 bits per heavy atom. The van der Waals surface area contributed by atoms with Gasteiger partial charge in [-0.15, -0.1) is 0 Å². The van der Waals surface area contributed by atoms with Crippen molar-refractivity contribution in [3.8, 4) is 11.5 Å². The molecule has 0 aromatic heterocycles. The van der Waals surface area contributed by atoms with Crippen molar-refractivity contribution in [2.45, 2.75) is 33.3 Å². The van der Waals surface area contributed by atoms with Crippen LogP contribution in [0, 0.1) is 13.8 Å². The highest BCUT2D eigenvalue weighted by atomic mass is 16.5. The third kappa shape index (κ3) is 4.02. The number of allylic oxidation sites excluding steroid dienone is 1. The number of carbonyl (C=O) groups is 1. The molecule has 0 aliphatic heterocycles. The average Bonchev–Trinajstić information content (AvgIpc) is 2.77. The zero-order valence-corrected chi connectivity index (χ0v) is 17.7. The number of methoxy groups -OCH3 is 1. The molecule has 0 N–H and O–H groups in total. The quantitative estimate of drug-likeness (QED) is 0.487. The standard InChI is InChI=1S/C27H26O3/c1-18-7-6-10-25(19(18)2)30-17-23-16-20(11-14-26(23)29-3)15-22-13-12-21-8-4-5-9-24(21)27(22)28/h4-11,14-16H,12-13,17H2,1-3H3/b22-15+. The maximum absolute atomic E-state index is 12.9. The van der Waals surface area contributed by atoms with Crippen LogP contribution >= 0.6 is 0 Å². The average molecular weight is 399 g/mol. The molecule has 0 fully saturated rings. The Morgan fingerprint density at radius 3 is 2.60 bits per heavy atom. The summed E-state index contributed by atoms with van der Waals surface area (Å²) < 4.78 is 11.6. The zero-order chi connectivity index (χ0) is 21.1. The van der Waals surface area contributed by atoms with E-state index in [4.69, 9.17) is 9.47 Å². The lowest BCUT2D eigenvalue weighted by Crippen LogP contribution is -2.13. The van der Waals surface area contributed by atoms with Crippen molar-refractivity contribution >= 4 is 11.9 Å². The second-order valence-electron chi connectivity index (χ2n) is 7.71. The van der Waals surface area contributed by atoms with E-state index in [-0.39, 0.29) is 5.78 Å². The summed E-state index contributed by atoms with van der Waals surface area (Å²) in [5.41, 5.74) is 7.09. The molecule has 1 aliphatic carbocycles. The van der Waals surface area contributed by atoms with Crippen LogP contribution < -0.4 is 9.47 Å². The number of Topliss-reactive ketones (excluding diaryl/α,β-unsaturated/α-hetero) is 1. The van der Waals surface area contributed by atoms with Crippen molar-refractivity contribution in [2.75, 3.05) is 7.11 Å². The van der Waals surface area contributed by atoms with Gasteiger partial charge in [-0.25, -0.2) is 0 Å². The first kappa shape index (κ1) is 20.0. The number of hydrogen-bond acceptors (Lipinski definition) is 3. The van der Waals surface area contributed by atoms with Crippen LogP contribution in [0.2, 0.25) is 0 Å². The SMILES string of the molecule is COc1ccc(/C=C2\CCc3ccccc3C2=O)cc1COc1cccc(C)c1C. The van der Waals surface area contributed by atoms with E-state index >= 15 is 0 Å². The number of aryl methyl sites for hydroxylation is 2. The molecule has 30 heavy (non-hydrogen) atoms. The summed E-state index contributed by atoms with van der Waals surface area (Å²) in [5.74, 6) is 1.78. The lowest BCUT2D eigenvalue weighted by atomic mass is 9.86. The van der Waals surface area contributed by atoms with E-state index < -0.39 is 0 Å². The van der Waals surface area contributed by atoms with E-state index in [1.54, 1.807) is 7.11 Å². The van der Waals surface area contributed by atoms with Crippen LogP contribution in [0.15, 0.2) is 66.2 Å². The number of benzene rings is 3. The Balaban J connectivity index is 1.59. The predicted molar refractivity (Wildman–Crippen MR) is 120 cm³/mol. The summed E-state index contributed by atoms with van der Waals surface area (Å²) in [6.07, 6.45) is 3.65. The van der Waals surface area contributed by atoms with Gasteiger partial charge in [0.2, 0.25) is 0 Å². The fourth-order valence-corrected chi connectivity index (χ4v) is 3.89. The fraction of sp³-hybridized carbons (Fsp3) is 0.222. The second kappa shape index (κ2) is 8.58. The van der Waals surface area contributed by atoms with E-state index in [9.17, 15) is 4.79 Å². The van der Waals surface area contributed by atoms with Gasteiger partial charge in [0, 0.05) is 16.7 Å². The van der Waals surface area contributed by atoms with Crippen LogP contribution in [0.25, 0.3) is 6.08 Å². The minimum Gasteiger partial charge on any atom is -0.496 e. The molecule has 0 unspecified atom stereocenters. The van der Waals surface area contributed by atoms with Gasteiger partial charge in [0.15, 0.2) is 5.78 Å². The van der Waals surface area contributed by atoms with E-state index in [1.807, 2.05) is 60.7 Å². The summed E-state index contributed by atoms with van der Waals surface area (Å²) in [7, 11) is 1.66. The van der Waals surface area contributed by atoms with Gasteiger partial charge in [0.05, 0.1) is 7.11 Å². The summed E-state index contributed by atoms with van der Waals surface area (Å²) in [6, 6.07) is 19.9. The van der Waals surface area contributed by atoms with Crippen LogP contribution in [0.5, 0.6) is 11.5 Å². The Kier molecular flexibility index (Phi) is 5.71. The fourth-order valence-electron chi connectivity index (χ4n) is 3.89. The van der Waals surface area contributed by atoms with Crippen molar-refractivity contribution in [1.29, 1.82) is 0 Å². The number of rotatable bonds is 5. The van der Waals surface area contributed by atoms with E-state index in [0.717, 1.165) is 57.7 Å². The molecule has 3 aromatic rings. The summed E-state index contributed by atoms with van der Waals surface area (Å²) in [4.78, 5) is 12.9. The highest BCUT2D eigenvalue weighted by Crippen LogP contribution is 2.29. The predicted octanol–water partition coefficient (Wildman–Crippen LogP) is 6.10. The number of hydrogen-bond donors (Lipinski definition) is 0. The third-order valence-corrected chi connectivity index (χ3v) is 5.80. The molecule has 3 nitrogen and oxygen atoms in total. The monoisotopic (exact) mass is 398 g/mol. The molecule has 0 amide bonds. The molecule has 0 radical (unpaired) electrons. The van der Waals surface area contributed by atoms with E-state index in [2.05, 4.69) is 19.9 Å². The van der Waals surface area contributed by atoms with Crippen LogP contribution in [0.1, 0.15) is 44.6 Å². The second-order valence-corrected chi connectivity index (χ2v) is 7.71. The van der Waals surface area contributed by atoms with Gasteiger partial charge in [0.1, 0.15) is 18.1 Å². The van der Waals surface area contributed by atoms with Gasteiger partial charge in [-0.1, -0.05) is 42.5 Å². The third-order valence-electron chi connectivity index (χ3n) is 5.80. The largest absolute Gasteiger partial charge is 0.496 e. The first-order valence-corrected chi connectivity index (χ1v) is 10.3. The van der Waals surface area contributed by atoms with Gasteiger partial charge in [-0.2, -0.15) is 0 Å². The Hall–Kier alpha value is -3.33. The molecule has 152 valence electrons. The summed E-state index contributed by atoms with van der Waals surface area (Å²) in [5, 5.41) is 0. The summed E-state index contributed by atoms with van der Waals surface area (Å²) >= 11 is 0. The lowest BCUT2D eigenvalue weighted by Gasteiger charge is -2.17. The van der Waals surface area contributed by atoms with Gasteiger partial charge in [-0.3, -0.25) is 4.79 Å². The molecule has 0 spiro atoms. The number of ketones is 1. The molecule has 3 heteroatoms. The van der Waals surface area contributed by atoms with Crippen molar-refractivity contribution in [2.24, 2.45) is 0 Å². The van der Waals surface area contributed by atoms with E-state index in [1.165, 1.54) is 5.56 Å². The lowest BCUT2D eigenvalue weighted by molar-refractivity contribution is 0.102. The van der Waals surface area contributed by atoms with Gasteiger partial charge in [0.25, 0.3) is 0 Å². The molecule has 0 saturated carbocycles. The number of fused-ring (bicyclic) bond motifs is 1. The Bertz CT molecular complexity index is 1120. The van der Waals surface area contributed by atoms with Crippen LogP contribution in [0.3, 0.4) is 0 Å². The van der Waals surface area contributed by atoms with Crippen molar-refractivity contribution in [3.63, 3.8) is 0 Å². The molecular formula is C27H26O3. The minimum absolute atomic E-state index is 0.126. The minimum atomic E-state index is 0.126.